The van der Waals surface area contributed by atoms with Gasteiger partial charge in [0, 0.05) is 16.7 Å². The monoisotopic (exact) mass is 360 g/mol. The third-order valence-electron chi connectivity index (χ3n) is 5.58. The van der Waals surface area contributed by atoms with Gasteiger partial charge in [-0.05, 0) is 41.3 Å². The molecule has 4 aromatic rings. The summed E-state index contributed by atoms with van der Waals surface area (Å²) in [4.78, 5) is 13.7. The summed E-state index contributed by atoms with van der Waals surface area (Å²) >= 11 is 0. The average molecular weight is 360 g/mol. The molecule has 0 aromatic heterocycles. The van der Waals surface area contributed by atoms with Gasteiger partial charge in [0.15, 0.2) is 5.78 Å². The van der Waals surface area contributed by atoms with Crippen LogP contribution in [0.1, 0.15) is 38.2 Å². The second kappa shape index (κ2) is 6.31. The molecule has 134 valence electrons. The number of allylic oxidation sites excluding steroid dienone is 1. The summed E-state index contributed by atoms with van der Waals surface area (Å²) < 4.78 is 0. The van der Waals surface area contributed by atoms with E-state index < -0.39 is 0 Å². The Bertz CT molecular complexity index is 1260. The van der Waals surface area contributed by atoms with Crippen LogP contribution in [0.5, 0.6) is 0 Å². The predicted molar refractivity (Wildman–Crippen MR) is 117 cm³/mol. The summed E-state index contributed by atoms with van der Waals surface area (Å²) in [7, 11) is 0. The summed E-state index contributed by atoms with van der Waals surface area (Å²) in [5.74, 6) is 0.117. The molecule has 0 bridgehead atoms. The predicted octanol–water partition coefficient (Wildman–Crippen LogP) is 6.61. The molecule has 0 atom stereocenters. The van der Waals surface area contributed by atoms with Crippen LogP contribution in [0.4, 0.5) is 0 Å². The summed E-state index contributed by atoms with van der Waals surface area (Å²) in [5.41, 5.74) is 8.16. The van der Waals surface area contributed by atoms with Crippen LogP contribution in [0.2, 0.25) is 0 Å². The van der Waals surface area contributed by atoms with E-state index in [2.05, 4.69) is 86.6 Å². The van der Waals surface area contributed by atoms with Gasteiger partial charge < -0.3 is 0 Å². The summed E-state index contributed by atoms with van der Waals surface area (Å²) in [6.45, 7) is 4.15. The molecule has 0 heterocycles. The second-order valence-corrected chi connectivity index (χ2v) is 7.52. The van der Waals surface area contributed by atoms with Gasteiger partial charge in [-0.25, -0.2) is 0 Å². The Kier molecular flexibility index (Phi) is 3.77. The van der Waals surface area contributed by atoms with Crippen LogP contribution in [0.3, 0.4) is 0 Å². The number of hydrogen-bond donors (Lipinski definition) is 0. The number of aryl methyl sites for hydroxylation is 2. The van der Waals surface area contributed by atoms with Gasteiger partial charge in [0.05, 0.1) is 0 Å². The molecule has 5 rings (SSSR count). The fraction of sp³-hybridized carbons (Fsp3) is 0.0741. The number of hydrogen-bond acceptors (Lipinski definition) is 1. The lowest BCUT2D eigenvalue weighted by atomic mass is 9.93. The van der Waals surface area contributed by atoms with E-state index in [9.17, 15) is 4.79 Å². The third kappa shape index (κ3) is 2.51. The zero-order valence-corrected chi connectivity index (χ0v) is 16.0. The summed E-state index contributed by atoms with van der Waals surface area (Å²) in [5, 5.41) is 2.12. The SMILES string of the molecule is Cc1ccc(C2=C(c3ccc(C)cc3)c3ccc4ccccc4c3C2=O)cc1. The van der Waals surface area contributed by atoms with Crippen LogP contribution in [-0.2, 0) is 0 Å². The van der Waals surface area contributed by atoms with E-state index in [0.29, 0.717) is 0 Å². The van der Waals surface area contributed by atoms with Crippen molar-refractivity contribution >= 4 is 27.7 Å². The molecular formula is C27H20O. The van der Waals surface area contributed by atoms with Gasteiger partial charge in [0.2, 0.25) is 0 Å². The first-order valence-corrected chi connectivity index (χ1v) is 9.58. The van der Waals surface area contributed by atoms with Crippen molar-refractivity contribution in [2.24, 2.45) is 0 Å². The van der Waals surface area contributed by atoms with Crippen molar-refractivity contribution in [3.63, 3.8) is 0 Å². The van der Waals surface area contributed by atoms with Gasteiger partial charge in [-0.1, -0.05) is 96.1 Å². The lowest BCUT2D eigenvalue weighted by molar-refractivity contribution is 0.106. The number of carbonyl (C=O) groups excluding carboxylic acids is 1. The molecule has 28 heavy (non-hydrogen) atoms. The molecule has 0 N–H and O–H groups in total. The van der Waals surface area contributed by atoms with E-state index >= 15 is 0 Å². The molecule has 0 aliphatic heterocycles. The van der Waals surface area contributed by atoms with E-state index in [1.54, 1.807) is 0 Å². The zero-order valence-electron chi connectivity index (χ0n) is 16.0. The molecule has 1 nitrogen and oxygen atoms in total. The molecule has 4 aromatic carbocycles. The molecule has 0 amide bonds. The minimum Gasteiger partial charge on any atom is -0.289 e. The highest BCUT2D eigenvalue weighted by atomic mass is 16.1. The standard InChI is InChI=1S/C27H20O/c1-17-7-11-20(12-8-17)24-23-16-15-19-5-3-4-6-22(19)26(23)27(28)25(24)21-13-9-18(2)10-14-21/h3-16H,1-2H3. The van der Waals surface area contributed by atoms with Gasteiger partial charge in [-0.15, -0.1) is 0 Å². The van der Waals surface area contributed by atoms with E-state index in [1.807, 2.05) is 12.1 Å². The summed E-state index contributed by atoms with van der Waals surface area (Å²) in [6.07, 6.45) is 0. The van der Waals surface area contributed by atoms with E-state index in [4.69, 9.17) is 0 Å². The van der Waals surface area contributed by atoms with Crippen LogP contribution in [-0.4, -0.2) is 5.78 Å². The Morgan fingerprint density at radius 2 is 1.14 bits per heavy atom. The van der Waals surface area contributed by atoms with Gasteiger partial charge in [0.1, 0.15) is 0 Å². The summed E-state index contributed by atoms with van der Waals surface area (Å²) in [6, 6.07) is 29.1. The highest BCUT2D eigenvalue weighted by molar-refractivity contribution is 6.44. The smallest absolute Gasteiger partial charge is 0.195 e. The maximum atomic E-state index is 13.7. The van der Waals surface area contributed by atoms with Crippen molar-refractivity contribution in [2.75, 3.05) is 0 Å². The van der Waals surface area contributed by atoms with Gasteiger partial charge in [0.25, 0.3) is 0 Å². The number of benzene rings is 4. The first-order valence-electron chi connectivity index (χ1n) is 9.58. The van der Waals surface area contributed by atoms with E-state index in [0.717, 1.165) is 44.2 Å². The lowest BCUT2D eigenvalue weighted by Crippen LogP contribution is -1.99. The van der Waals surface area contributed by atoms with Gasteiger partial charge in [-0.2, -0.15) is 0 Å². The van der Waals surface area contributed by atoms with Crippen LogP contribution < -0.4 is 0 Å². The van der Waals surface area contributed by atoms with Crippen LogP contribution >= 0.6 is 0 Å². The lowest BCUT2D eigenvalue weighted by Gasteiger charge is -2.10. The number of rotatable bonds is 2. The Morgan fingerprint density at radius 1 is 0.571 bits per heavy atom. The van der Waals surface area contributed by atoms with Crippen molar-refractivity contribution in [1.29, 1.82) is 0 Å². The fourth-order valence-electron chi connectivity index (χ4n) is 4.11. The highest BCUT2D eigenvalue weighted by Crippen LogP contribution is 2.44. The average Bonchev–Trinajstić information content (AvgIpc) is 3.02. The van der Waals surface area contributed by atoms with Gasteiger partial charge >= 0.3 is 0 Å². The Morgan fingerprint density at radius 3 is 1.79 bits per heavy atom. The van der Waals surface area contributed by atoms with Gasteiger partial charge in [-0.3, -0.25) is 4.79 Å². The molecule has 0 saturated carbocycles. The van der Waals surface area contributed by atoms with Crippen LogP contribution in [0, 0.1) is 13.8 Å². The third-order valence-corrected chi connectivity index (χ3v) is 5.58. The molecule has 0 saturated heterocycles. The first-order chi connectivity index (χ1) is 13.6. The Labute approximate surface area is 165 Å². The van der Waals surface area contributed by atoms with Crippen molar-refractivity contribution in [3.05, 3.63) is 118 Å². The molecule has 0 unspecified atom stereocenters. The molecule has 0 fully saturated rings. The van der Waals surface area contributed by atoms with Crippen molar-refractivity contribution in [1.82, 2.24) is 0 Å². The molecule has 1 aliphatic rings. The maximum Gasteiger partial charge on any atom is 0.195 e. The fourth-order valence-corrected chi connectivity index (χ4v) is 4.11. The van der Waals surface area contributed by atoms with Crippen molar-refractivity contribution in [3.8, 4) is 0 Å². The normalized spacial score (nSPS) is 13.3. The maximum absolute atomic E-state index is 13.7. The molecule has 1 heteroatoms. The van der Waals surface area contributed by atoms with Crippen molar-refractivity contribution in [2.45, 2.75) is 13.8 Å². The van der Waals surface area contributed by atoms with Crippen LogP contribution in [0.15, 0.2) is 84.9 Å². The Hall–Kier alpha value is -3.45. The van der Waals surface area contributed by atoms with E-state index in [1.165, 1.54) is 11.1 Å². The van der Waals surface area contributed by atoms with Crippen molar-refractivity contribution < 1.29 is 4.79 Å². The minimum atomic E-state index is 0.117. The van der Waals surface area contributed by atoms with E-state index in [-0.39, 0.29) is 5.78 Å². The zero-order chi connectivity index (χ0) is 19.3. The topological polar surface area (TPSA) is 17.1 Å². The molecule has 0 spiro atoms. The quantitative estimate of drug-likeness (QED) is 0.393. The largest absolute Gasteiger partial charge is 0.289 e. The Balaban J connectivity index is 1.85. The molecule has 0 radical (unpaired) electrons. The first kappa shape index (κ1) is 16.7. The molecular weight excluding hydrogens is 340 g/mol. The number of fused-ring (bicyclic) bond motifs is 3. The second-order valence-electron chi connectivity index (χ2n) is 7.52. The number of carbonyl (C=O) groups is 1. The number of Topliss-reactive ketones (excluding diaryl/α,β-unsaturated/α-hetero) is 1. The minimum absolute atomic E-state index is 0.117. The van der Waals surface area contributed by atoms with Crippen LogP contribution in [0.25, 0.3) is 21.9 Å². The molecule has 1 aliphatic carbocycles. The highest BCUT2D eigenvalue weighted by Gasteiger charge is 2.32. The number of ketones is 1.